The van der Waals surface area contributed by atoms with E-state index in [-0.39, 0.29) is 23.8 Å². The summed E-state index contributed by atoms with van der Waals surface area (Å²) < 4.78 is 26.6. The number of benzene rings is 1. The fourth-order valence-electron chi connectivity index (χ4n) is 2.67. The summed E-state index contributed by atoms with van der Waals surface area (Å²) in [5, 5.41) is 2.91. The molecule has 1 saturated carbocycles. The fraction of sp³-hybridized carbons (Fsp3) is 0.294. The number of hydrogen-bond donors (Lipinski definition) is 1. The third-order valence-corrected chi connectivity index (χ3v) is 4.03. The second kappa shape index (κ2) is 5.83. The molecule has 1 N–H and O–H groups in total. The highest BCUT2D eigenvalue weighted by Crippen LogP contribution is 2.48. The zero-order valence-electron chi connectivity index (χ0n) is 12.1. The van der Waals surface area contributed by atoms with E-state index in [4.69, 9.17) is 0 Å². The number of pyridine rings is 1. The monoisotopic (exact) mass is 302 g/mol. The highest BCUT2D eigenvalue weighted by molar-refractivity contribution is 5.83. The largest absolute Gasteiger partial charge is 0.349 e. The van der Waals surface area contributed by atoms with Crippen molar-refractivity contribution in [2.45, 2.75) is 25.3 Å². The van der Waals surface area contributed by atoms with Crippen LogP contribution in [-0.4, -0.2) is 10.9 Å². The molecule has 3 atom stereocenters. The maximum absolute atomic E-state index is 13.7. The van der Waals surface area contributed by atoms with Gasteiger partial charge in [0.15, 0.2) is 0 Å². The Hall–Kier alpha value is -2.30. The van der Waals surface area contributed by atoms with E-state index >= 15 is 0 Å². The molecular formula is C17H16F2N2O. The average molecular weight is 302 g/mol. The lowest BCUT2D eigenvalue weighted by atomic mass is 10.1. The molecule has 0 radical (unpaired) electrons. The van der Waals surface area contributed by atoms with Crippen LogP contribution in [0.25, 0.3) is 0 Å². The molecule has 22 heavy (non-hydrogen) atoms. The summed E-state index contributed by atoms with van der Waals surface area (Å²) in [5.74, 6) is -1.71. The van der Waals surface area contributed by atoms with E-state index in [1.807, 2.05) is 19.1 Å². The van der Waals surface area contributed by atoms with Gasteiger partial charge in [-0.1, -0.05) is 12.1 Å². The van der Waals surface area contributed by atoms with Crippen LogP contribution in [0.3, 0.4) is 0 Å². The van der Waals surface area contributed by atoms with Crippen LogP contribution in [0.4, 0.5) is 8.78 Å². The predicted octanol–water partition coefficient (Wildman–Crippen LogP) is 3.34. The first kappa shape index (κ1) is 14.6. The Balaban J connectivity index is 1.63. The van der Waals surface area contributed by atoms with Crippen molar-refractivity contribution in [3.05, 3.63) is 65.5 Å². The molecule has 1 amide bonds. The van der Waals surface area contributed by atoms with E-state index in [0.717, 1.165) is 11.6 Å². The summed E-state index contributed by atoms with van der Waals surface area (Å²) in [6.45, 7) is 1.88. The van der Waals surface area contributed by atoms with Crippen molar-refractivity contribution in [1.29, 1.82) is 0 Å². The maximum Gasteiger partial charge on any atom is 0.224 e. The number of nitrogens with zero attached hydrogens (tertiary/aromatic N) is 1. The van der Waals surface area contributed by atoms with Crippen LogP contribution < -0.4 is 5.32 Å². The normalized spacial score (nSPS) is 21.2. The third kappa shape index (κ3) is 2.98. The molecule has 3 rings (SSSR count). The molecule has 114 valence electrons. The van der Waals surface area contributed by atoms with Gasteiger partial charge in [0, 0.05) is 24.4 Å². The Morgan fingerprint density at radius 1 is 1.36 bits per heavy atom. The van der Waals surface area contributed by atoms with Crippen LogP contribution in [0.2, 0.25) is 0 Å². The maximum atomic E-state index is 13.7. The van der Waals surface area contributed by atoms with Crippen LogP contribution in [0, 0.1) is 17.6 Å². The van der Waals surface area contributed by atoms with Gasteiger partial charge in [-0.3, -0.25) is 9.78 Å². The van der Waals surface area contributed by atoms with Crippen LogP contribution in [0.15, 0.2) is 42.7 Å². The molecule has 1 aromatic carbocycles. The SMILES string of the molecule is C[C@H](NC(=O)[C@H]1C[C@@H]1c1ccc(F)cc1F)c1cccnc1. The lowest BCUT2D eigenvalue weighted by Crippen LogP contribution is -2.28. The number of aromatic nitrogens is 1. The van der Waals surface area contributed by atoms with Crippen molar-refractivity contribution in [2.24, 2.45) is 5.92 Å². The highest BCUT2D eigenvalue weighted by atomic mass is 19.1. The second-order valence-corrected chi connectivity index (χ2v) is 5.63. The summed E-state index contributed by atoms with van der Waals surface area (Å²) in [6, 6.07) is 7.06. The van der Waals surface area contributed by atoms with Crippen molar-refractivity contribution in [3.8, 4) is 0 Å². The Kier molecular flexibility index (Phi) is 3.88. The molecule has 1 aromatic heterocycles. The standard InChI is InChI=1S/C17H16F2N2O/c1-10(11-3-2-6-20-9-11)21-17(22)15-8-14(15)13-5-4-12(18)7-16(13)19/h2-7,9-10,14-15H,8H2,1H3,(H,21,22)/t10-,14+,15-/m0/s1. The molecule has 0 bridgehead atoms. The second-order valence-electron chi connectivity index (χ2n) is 5.63. The summed E-state index contributed by atoms with van der Waals surface area (Å²) in [7, 11) is 0. The predicted molar refractivity (Wildman–Crippen MR) is 78.0 cm³/mol. The minimum atomic E-state index is -0.604. The van der Waals surface area contributed by atoms with E-state index in [9.17, 15) is 13.6 Å². The first-order valence-corrected chi connectivity index (χ1v) is 7.21. The van der Waals surface area contributed by atoms with Gasteiger partial charge in [0.1, 0.15) is 11.6 Å². The number of halogens is 2. The summed E-state index contributed by atoms with van der Waals surface area (Å²) in [6.07, 6.45) is 3.97. The molecule has 3 nitrogen and oxygen atoms in total. The lowest BCUT2D eigenvalue weighted by Gasteiger charge is -2.14. The van der Waals surface area contributed by atoms with Gasteiger partial charge in [0.25, 0.3) is 0 Å². The lowest BCUT2D eigenvalue weighted by molar-refractivity contribution is -0.123. The van der Waals surface area contributed by atoms with Gasteiger partial charge in [-0.15, -0.1) is 0 Å². The molecule has 1 aliphatic rings. The van der Waals surface area contributed by atoms with E-state index in [1.165, 1.54) is 12.1 Å². The van der Waals surface area contributed by atoms with Crippen LogP contribution in [0.5, 0.6) is 0 Å². The van der Waals surface area contributed by atoms with Gasteiger partial charge in [-0.25, -0.2) is 8.78 Å². The molecule has 0 saturated heterocycles. The fourth-order valence-corrected chi connectivity index (χ4v) is 2.67. The zero-order chi connectivity index (χ0) is 15.7. The quantitative estimate of drug-likeness (QED) is 0.941. The number of carbonyl (C=O) groups is 1. The molecule has 0 unspecified atom stereocenters. The van der Waals surface area contributed by atoms with Crippen molar-refractivity contribution in [1.82, 2.24) is 10.3 Å². The van der Waals surface area contributed by atoms with Gasteiger partial charge >= 0.3 is 0 Å². The molecular weight excluding hydrogens is 286 g/mol. The molecule has 0 aliphatic heterocycles. The number of rotatable bonds is 4. The molecule has 0 spiro atoms. The number of amides is 1. The van der Waals surface area contributed by atoms with Crippen molar-refractivity contribution >= 4 is 5.91 Å². The van der Waals surface area contributed by atoms with Crippen LogP contribution >= 0.6 is 0 Å². The molecule has 5 heteroatoms. The number of hydrogen-bond acceptors (Lipinski definition) is 2. The summed E-state index contributed by atoms with van der Waals surface area (Å²) in [5.41, 5.74) is 1.33. The minimum absolute atomic E-state index is 0.106. The first-order valence-electron chi connectivity index (χ1n) is 7.21. The number of carbonyl (C=O) groups excluding carboxylic acids is 1. The Labute approximate surface area is 127 Å². The van der Waals surface area contributed by atoms with E-state index in [1.54, 1.807) is 12.4 Å². The zero-order valence-corrected chi connectivity index (χ0v) is 12.1. The first-order chi connectivity index (χ1) is 10.6. The van der Waals surface area contributed by atoms with E-state index in [2.05, 4.69) is 10.3 Å². The van der Waals surface area contributed by atoms with Crippen LogP contribution in [-0.2, 0) is 4.79 Å². The average Bonchev–Trinajstić information content (AvgIpc) is 3.28. The van der Waals surface area contributed by atoms with Gasteiger partial charge in [-0.05, 0) is 42.5 Å². The Morgan fingerprint density at radius 2 is 2.18 bits per heavy atom. The third-order valence-electron chi connectivity index (χ3n) is 4.03. The van der Waals surface area contributed by atoms with E-state index < -0.39 is 11.6 Å². The molecule has 1 heterocycles. The molecule has 1 fully saturated rings. The van der Waals surface area contributed by atoms with Crippen molar-refractivity contribution in [2.75, 3.05) is 0 Å². The Bertz CT molecular complexity index is 690. The van der Waals surface area contributed by atoms with Gasteiger partial charge in [0.05, 0.1) is 6.04 Å². The molecule has 2 aromatic rings. The Morgan fingerprint density at radius 3 is 2.86 bits per heavy atom. The summed E-state index contributed by atoms with van der Waals surface area (Å²) >= 11 is 0. The molecule has 1 aliphatic carbocycles. The van der Waals surface area contributed by atoms with E-state index in [0.29, 0.717) is 12.0 Å². The number of nitrogens with one attached hydrogen (secondary N) is 1. The van der Waals surface area contributed by atoms with Crippen molar-refractivity contribution in [3.63, 3.8) is 0 Å². The topological polar surface area (TPSA) is 42.0 Å². The van der Waals surface area contributed by atoms with Gasteiger partial charge in [0.2, 0.25) is 5.91 Å². The summed E-state index contributed by atoms with van der Waals surface area (Å²) in [4.78, 5) is 16.2. The van der Waals surface area contributed by atoms with Crippen LogP contribution in [0.1, 0.15) is 36.4 Å². The minimum Gasteiger partial charge on any atom is -0.349 e. The van der Waals surface area contributed by atoms with Gasteiger partial charge in [-0.2, -0.15) is 0 Å². The van der Waals surface area contributed by atoms with Crippen molar-refractivity contribution < 1.29 is 13.6 Å². The smallest absolute Gasteiger partial charge is 0.224 e. The highest BCUT2D eigenvalue weighted by Gasteiger charge is 2.45. The van der Waals surface area contributed by atoms with Gasteiger partial charge < -0.3 is 5.32 Å².